The zero-order valence-electron chi connectivity index (χ0n) is 11.1. The molecule has 4 nitrogen and oxygen atoms in total. The molecule has 0 aliphatic carbocycles. The van der Waals surface area contributed by atoms with E-state index in [1.807, 2.05) is 18.2 Å². The number of terminal acetylenes is 1. The van der Waals surface area contributed by atoms with Crippen molar-refractivity contribution >= 4 is 11.4 Å². The minimum atomic E-state index is 0.691. The van der Waals surface area contributed by atoms with Crippen molar-refractivity contribution in [2.45, 2.75) is 6.92 Å². The zero-order valence-corrected chi connectivity index (χ0v) is 11.1. The summed E-state index contributed by atoms with van der Waals surface area (Å²) in [6, 6.07) is 5.94. The van der Waals surface area contributed by atoms with Crippen LogP contribution in [0, 0.1) is 12.3 Å². The highest BCUT2D eigenvalue weighted by Crippen LogP contribution is 2.27. The van der Waals surface area contributed by atoms with Crippen LogP contribution in [0.15, 0.2) is 18.2 Å². The highest BCUT2D eigenvalue weighted by molar-refractivity contribution is 5.62. The Kier molecular flexibility index (Phi) is 5.89. The van der Waals surface area contributed by atoms with Crippen molar-refractivity contribution in [3.8, 4) is 18.1 Å². The SMILES string of the molecule is C#CC.COc1cc(N2CCNCC2)ccc1N. The second-order valence-electron chi connectivity index (χ2n) is 3.95. The third kappa shape index (κ3) is 3.86. The number of nitrogens with one attached hydrogen (secondary N) is 1. The van der Waals surface area contributed by atoms with Crippen molar-refractivity contribution in [1.29, 1.82) is 0 Å². The van der Waals surface area contributed by atoms with Gasteiger partial charge in [-0.3, -0.25) is 0 Å². The molecule has 1 aromatic rings. The quantitative estimate of drug-likeness (QED) is 0.611. The Balaban J connectivity index is 0.000000492. The van der Waals surface area contributed by atoms with Crippen LogP contribution < -0.4 is 20.7 Å². The van der Waals surface area contributed by atoms with Crippen molar-refractivity contribution < 1.29 is 4.74 Å². The van der Waals surface area contributed by atoms with Gasteiger partial charge in [0.2, 0.25) is 0 Å². The fourth-order valence-corrected chi connectivity index (χ4v) is 1.82. The van der Waals surface area contributed by atoms with Crippen molar-refractivity contribution in [2.24, 2.45) is 0 Å². The number of ether oxygens (including phenoxy) is 1. The average Bonchev–Trinajstić information content (AvgIpc) is 2.41. The minimum Gasteiger partial charge on any atom is -0.495 e. The Morgan fingerprint density at radius 2 is 2.00 bits per heavy atom. The van der Waals surface area contributed by atoms with E-state index < -0.39 is 0 Å². The van der Waals surface area contributed by atoms with E-state index in [-0.39, 0.29) is 0 Å². The molecule has 3 N–H and O–H groups in total. The number of nitrogen functional groups attached to an aromatic ring is 1. The smallest absolute Gasteiger partial charge is 0.143 e. The second-order valence-corrected chi connectivity index (χ2v) is 3.95. The first-order valence-corrected chi connectivity index (χ1v) is 5.99. The number of anilines is 2. The van der Waals surface area contributed by atoms with Crippen LogP contribution in [0.3, 0.4) is 0 Å². The van der Waals surface area contributed by atoms with E-state index >= 15 is 0 Å². The number of methoxy groups -OCH3 is 1. The van der Waals surface area contributed by atoms with Gasteiger partial charge >= 0.3 is 0 Å². The number of nitrogens with two attached hydrogens (primary N) is 1. The molecule has 0 aromatic heterocycles. The summed E-state index contributed by atoms with van der Waals surface area (Å²) in [6.07, 6.45) is 4.60. The number of benzene rings is 1. The Labute approximate surface area is 109 Å². The van der Waals surface area contributed by atoms with Gasteiger partial charge in [-0.2, -0.15) is 0 Å². The largest absolute Gasteiger partial charge is 0.495 e. The Morgan fingerprint density at radius 3 is 2.56 bits per heavy atom. The van der Waals surface area contributed by atoms with Crippen LogP contribution in [-0.4, -0.2) is 33.3 Å². The van der Waals surface area contributed by atoms with Gasteiger partial charge in [0, 0.05) is 37.9 Å². The number of hydrogen-bond acceptors (Lipinski definition) is 4. The summed E-state index contributed by atoms with van der Waals surface area (Å²) in [5, 5.41) is 3.33. The van der Waals surface area contributed by atoms with Crippen molar-refractivity contribution in [3.05, 3.63) is 18.2 Å². The molecule has 0 bridgehead atoms. The van der Waals surface area contributed by atoms with Crippen LogP contribution in [0.25, 0.3) is 0 Å². The van der Waals surface area contributed by atoms with Crippen LogP contribution in [0.5, 0.6) is 5.75 Å². The van der Waals surface area contributed by atoms with Gasteiger partial charge in [0.25, 0.3) is 0 Å². The summed E-state index contributed by atoms with van der Waals surface area (Å²) < 4.78 is 5.21. The lowest BCUT2D eigenvalue weighted by Crippen LogP contribution is -2.43. The molecule has 1 heterocycles. The van der Waals surface area contributed by atoms with E-state index in [1.165, 1.54) is 5.69 Å². The second kappa shape index (κ2) is 7.46. The van der Waals surface area contributed by atoms with Crippen molar-refractivity contribution in [3.63, 3.8) is 0 Å². The van der Waals surface area contributed by atoms with E-state index in [0.717, 1.165) is 31.9 Å². The maximum atomic E-state index is 5.77. The number of nitrogens with zero attached hydrogens (tertiary/aromatic N) is 1. The third-order valence-corrected chi connectivity index (χ3v) is 2.70. The van der Waals surface area contributed by atoms with Gasteiger partial charge in [-0.25, -0.2) is 0 Å². The van der Waals surface area contributed by atoms with Gasteiger partial charge in [-0.15, -0.1) is 12.3 Å². The van der Waals surface area contributed by atoms with Crippen molar-refractivity contribution in [2.75, 3.05) is 43.9 Å². The first kappa shape index (κ1) is 14.2. The van der Waals surface area contributed by atoms with Crippen molar-refractivity contribution in [1.82, 2.24) is 5.32 Å². The predicted octanol–water partition coefficient (Wildman–Crippen LogP) is 1.33. The molecule has 1 aromatic carbocycles. The molecule has 1 saturated heterocycles. The van der Waals surface area contributed by atoms with Crippen LogP contribution in [0.2, 0.25) is 0 Å². The summed E-state index contributed by atoms with van der Waals surface area (Å²) in [5.74, 6) is 3.01. The van der Waals surface area contributed by atoms with Crippen LogP contribution in [0.4, 0.5) is 11.4 Å². The van der Waals surface area contributed by atoms with Crippen LogP contribution in [-0.2, 0) is 0 Å². The first-order valence-electron chi connectivity index (χ1n) is 5.99. The fraction of sp³-hybridized carbons (Fsp3) is 0.429. The van der Waals surface area contributed by atoms with Gasteiger partial charge in [0.15, 0.2) is 0 Å². The monoisotopic (exact) mass is 247 g/mol. The topological polar surface area (TPSA) is 50.5 Å². The number of rotatable bonds is 2. The molecular formula is C14H21N3O. The highest BCUT2D eigenvalue weighted by Gasteiger charge is 2.11. The normalized spacial score (nSPS) is 14.2. The molecule has 18 heavy (non-hydrogen) atoms. The van der Waals surface area contributed by atoms with Gasteiger partial charge in [-0.05, 0) is 19.1 Å². The van der Waals surface area contributed by atoms with Crippen LogP contribution >= 0.6 is 0 Å². The highest BCUT2D eigenvalue weighted by atomic mass is 16.5. The standard InChI is InChI=1S/C11H17N3O.C3H4/c1-15-11-8-9(2-3-10(11)12)14-6-4-13-5-7-14;1-3-2/h2-3,8,13H,4-7,12H2,1H3;1H,2H3. The molecule has 2 rings (SSSR count). The summed E-state index contributed by atoms with van der Waals surface area (Å²) in [5.41, 5.74) is 7.65. The zero-order chi connectivity index (χ0) is 13.4. The van der Waals surface area contributed by atoms with E-state index in [0.29, 0.717) is 5.69 Å². The molecule has 0 unspecified atom stereocenters. The molecule has 0 atom stereocenters. The third-order valence-electron chi connectivity index (χ3n) is 2.70. The van der Waals surface area contributed by atoms with E-state index in [1.54, 1.807) is 14.0 Å². The Hall–Kier alpha value is -1.86. The molecule has 1 aliphatic rings. The summed E-state index contributed by atoms with van der Waals surface area (Å²) in [4.78, 5) is 2.33. The number of piperazine rings is 1. The Morgan fingerprint density at radius 1 is 1.39 bits per heavy atom. The summed E-state index contributed by atoms with van der Waals surface area (Å²) in [7, 11) is 1.65. The molecule has 4 heteroatoms. The molecule has 1 aliphatic heterocycles. The van der Waals surface area contributed by atoms with E-state index in [2.05, 4.69) is 22.6 Å². The molecule has 1 fully saturated rings. The summed E-state index contributed by atoms with van der Waals surface area (Å²) >= 11 is 0. The molecule has 0 saturated carbocycles. The molecule has 98 valence electrons. The van der Waals surface area contributed by atoms with E-state index in [9.17, 15) is 0 Å². The maximum Gasteiger partial charge on any atom is 0.143 e. The average molecular weight is 247 g/mol. The Bertz CT molecular complexity index is 406. The van der Waals surface area contributed by atoms with Crippen LogP contribution in [0.1, 0.15) is 6.92 Å². The number of hydrogen-bond donors (Lipinski definition) is 2. The van der Waals surface area contributed by atoms with Gasteiger partial charge in [-0.1, -0.05) is 0 Å². The predicted molar refractivity (Wildman–Crippen MR) is 77.0 cm³/mol. The van der Waals surface area contributed by atoms with Gasteiger partial charge < -0.3 is 20.7 Å². The minimum absolute atomic E-state index is 0.691. The lowest BCUT2D eigenvalue weighted by atomic mass is 10.2. The molecule has 0 amide bonds. The summed E-state index contributed by atoms with van der Waals surface area (Å²) in [6.45, 7) is 5.79. The van der Waals surface area contributed by atoms with E-state index in [4.69, 9.17) is 10.5 Å². The van der Waals surface area contributed by atoms with Gasteiger partial charge in [0.05, 0.1) is 12.8 Å². The lowest BCUT2D eigenvalue weighted by molar-refractivity contribution is 0.417. The van der Waals surface area contributed by atoms with Gasteiger partial charge in [0.1, 0.15) is 5.75 Å². The molecule has 0 spiro atoms. The lowest BCUT2D eigenvalue weighted by Gasteiger charge is -2.29. The molecule has 0 radical (unpaired) electrons. The fourth-order valence-electron chi connectivity index (χ4n) is 1.82. The molecular weight excluding hydrogens is 226 g/mol. The maximum absolute atomic E-state index is 5.77. The first-order chi connectivity index (χ1) is 8.72.